The Labute approximate surface area is 183 Å². The van der Waals surface area contributed by atoms with Gasteiger partial charge in [-0.25, -0.2) is 8.42 Å². The van der Waals surface area contributed by atoms with Crippen molar-refractivity contribution in [2.45, 2.75) is 69.7 Å². The molecule has 2 aliphatic heterocycles. The average molecular weight is 450 g/mol. The van der Waals surface area contributed by atoms with Crippen molar-refractivity contribution in [3.8, 4) is 0 Å². The molecule has 4 heterocycles. The Kier molecular flexibility index (Phi) is 5.32. The van der Waals surface area contributed by atoms with Gasteiger partial charge < -0.3 is 4.74 Å². The number of rotatable bonds is 6. The second-order valence-corrected chi connectivity index (χ2v) is 12.7. The number of thiophene rings is 1. The van der Waals surface area contributed by atoms with Crippen LogP contribution in [0.5, 0.6) is 0 Å². The number of nitrogens with zero attached hydrogens (tertiary/aromatic N) is 3. The van der Waals surface area contributed by atoms with E-state index in [-0.39, 0.29) is 11.4 Å². The maximum Gasteiger partial charge on any atom is 0.149 e. The molecule has 164 valence electrons. The summed E-state index contributed by atoms with van der Waals surface area (Å²) in [5, 5.41) is 4.35. The molecule has 0 radical (unpaired) electrons. The quantitative estimate of drug-likeness (QED) is 0.677. The van der Waals surface area contributed by atoms with Crippen LogP contribution in [-0.4, -0.2) is 54.3 Å². The molecule has 1 aliphatic carbocycles. The van der Waals surface area contributed by atoms with E-state index in [4.69, 9.17) is 4.74 Å². The predicted octanol–water partition coefficient (Wildman–Crippen LogP) is 3.32. The molecule has 6 nitrogen and oxygen atoms in total. The summed E-state index contributed by atoms with van der Waals surface area (Å²) in [6.45, 7) is 5.41. The number of aromatic nitrogens is 2. The van der Waals surface area contributed by atoms with E-state index in [2.05, 4.69) is 23.0 Å². The van der Waals surface area contributed by atoms with Crippen LogP contribution < -0.4 is 0 Å². The predicted molar refractivity (Wildman–Crippen MR) is 119 cm³/mol. The third kappa shape index (κ3) is 4.24. The summed E-state index contributed by atoms with van der Waals surface area (Å²) < 4.78 is 31.0. The third-order valence-corrected chi connectivity index (χ3v) is 9.24. The van der Waals surface area contributed by atoms with Crippen molar-refractivity contribution in [3.05, 3.63) is 39.3 Å². The maximum absolute atomic E-state index is 11.4. The summed E-state index contributed by atoms with van der Waals surface area (Å²) in [5.41, 5.74) is 2.59. The molecule has 2 fully saturated rings. The molecule has 1 saturated carbocycles. The molecular formula is C22H31N3O3S2. The zero-order chi connectivity index (χ0) is 20.9. The van der Waals surface area contributed by atoms with Crippen molar-refractivity contribution < 1.29 is 13.2 Å². The number of aryl methyl sites for hydroxylation is 1. The van der Waals surface area contributed by atoms with E-state index in [9.17, 15) is 8.42 Å². The van der Waals surface area contributed by atoms with Crippen molar-refractivity contribution in [1.82, 2.24) is 14.7 Å². The van der Waals surface area contributed by atoms with Crippen LogP contribution in [-0.2, 0) is 39.7 Å². The highest BCUT2D eigenvalue weighted by molar-refractivity contribution is 7.90. The molecule has 0 aromatic carbocycles. The summed E-state index contributed by atoms with van der Waals surface area (Å²) in [6, 6.07) is 2.90. The third-order valence-electron chi connectivity index (χ3n) is 6.79. The molecule has 2 aromatic heterocycles. The highest BCUT2D eigenvalue weighted by Crippen LogP contribution is 2.51. The molecule has 5 rings (SSSR count). The lowest BCUT2D eigenvalue weighted by Crippen LogP contribution is -2.49. The number of sulfone groups is 1. The Morgan fingerprint density at radius 3 is 2.93 bits per heavy atom. The van der Waals surface area contributed by atoms with Gasteiger partial charge in [0.2, 0.25) is 0 Å². The van der Waals surface area contributed by atoms with Crippen molar-refractivity contribution in [2.75, 3.05) is 25.2 Å². The zero-order valence-electron chi connectivity index (χ0n) is 17.8. The smallest absolute Gasteiger partial charge is 0.149 e. The zero-order valence-corrected chi connectivity index (χ0v) is 19.5. The molecule has 30 heavy (non-hydrogen) atoms. The van der Waals surface area contributed by atoms with Gasteiger partial charge in [-0.15, -0.1) is 11.3 Å². The summed E-state index contributed by atoms with van der Waals surface area (Å²) in [5.74, 6) is 0.939. The van der Waals surface area contributed by atoms with Crippen molar-refractivity contribution >= 4 is 21.2 Å². The van der Waals surface area contributed by atoms with E-state index in [1.165, 1.54) is 24.0 Å². The highest BCUT2D eigenvalue weighted by Gasteiger charge is 2.45. The molecule has 3 aliphatic rings. The Bertz CT molecular complexity index is 1020. The van der Waals surface area contributed by atoms with Gasteiger partial charge in [-0.05, 0) is 56.6 Å². The molecule has 1 saturated heterocycles. The lowest BCUT2D eigenvalue weighted by molar-refractivity contribution is -0.110. The molecule has 8 heteroatoms. The van der Waals surface area contributed by atoms with Crippen LogP contribution in [0.2, 0.25) is 0 Å². The van der Waals surface area contributed by atoms with Crippen molar-refractivity contribution in [1.29, 1.82) is 0 Å². The van der Waals surface area contributed by atoms with Gasteiger partial charge >= 0.3 is 0 Å². The topological polar surface area (TPSA) is 64.4 Å². The SMILES string of the molecule is CC1CC2(CCN1Cc1cnn(CCS(C)(=O)=O)c1)OCCc1cc(C3CC3)sc12. The lowest BCUT2D eigenvalue weighted by Gasteiger charge is -2.47. The Morgan fingerprint density at radius 2 is 2.20 bits per heavy atom. The lowest BCUT2D eigenvalue weighted by atomic mass is 9.82. The summed E-state index contributed by atoms with van der Waals surface area (Å²) >= 11 is 2.02. The number of ether oxygens (including phenoxy) is 1. The van der Waals surface area contributed by atoms with Crippen LogP contribution >= 0.6 is 11.3 Å². The first-order valence-electron chi connectivity index (χ1n) is 11.0. The van der Waals surface area contributed by atoms with Gasteiger partial charge in [0, 0.05) is 46.9 Å². The molecule has 2 atom stereocenters. The second kappa shape index (κ2) is 7.73. The summed E-state index contributed by atoms with van der Waals surface area (Å²) in [6.07, 6.45) is 11.0. The van der Waals surface area contributed by atoms with Crippen LogP contribution in [0.1, 0.15) is 59.4 Å². The van der Waals surface area contributed by atoms with Gasteiger partial charge in [0.1, 0.15) is 15.4 Å². The molecule has 0 amide bonds. The second-order valence-electron chi connectivity index (χ2n) is 9.39. The van der Waals surface area contributed by atoms with E-state index >= 15 is 0 Å². The number of likely N-dealkylation sites (tertiary alicyclic amines) is 1. The van der Waals surface area contributed by atoms with Crippen LogP contribution in [0, 0.1) is 0 Å². The minimum Gasteiger partial charge on any atom is -0.369 e. The van der Waals surface area contributed by atoms with E-state index in [0.717, 1.165) is 50.4 Å². The fourth-order valence-electron chi connectivity index (χ4n) is 4.94. The largest absolute Gasteiger partial charge is 0.369 e. The van der Waals surface area contributed by atoms with E-state index in [0.29, 0.717) is 12.6 Å². The fourth-order valence-corrected chi connectivity index (χ4v) is 7.02. The normalized spacial score (nSPS) is 27.5. The first kappa shape index (κ1) is 20.7. The molecule has 2 unspecified atom stereocenters. The molecule has 1 spiro atoms. The molecule has 0 N–H and O–H groups in total. The van der Waals surface area contributed by atoms with Crippen LogP contribution in [0.15, 0.2) is 18.5 Å². The number of piperidine rings is 1. The molecule has 2 aromatic rings. The van der Waals surface area contributed by atoms with Gasteiger partial charge in [-0.3, -0.25) is 9.58 Å². The van der Waals surface area contributed by atoms with Crippen LogP contribution in [0.4, 0.5) is 0 Å². The van der Waals surface area contributed by atoms with Gasteiger partial charge in [0.25, 0.3) is 0 Å². The minimum absolute atomic E-state index is 0.0963. The Morgan fingerprint density at radius 1 is 1.37 bits per heavy atom. The summed E-state index contributed by atoms with van der Waals surface area (Å²) in [7, 11) is -2.97. The minimum atomic E-state index is -2.97. The van der Waals surface area contributed by atoms with Gasteiger partial charge in [0.15, 0.2) is 0 Å². The van der Waals surface area contributed by atoms with Crippen molar-refractivity contribution in [3.63, 3.8) is 0 Å². The average Bonchev–Trinajstić information content (AvgIpc) is 3.27. The number of fused-ring (bicyclic) bond motifs is 2. The van der Waals surface area contributed by atoms with Gasteiger partial charge in [-0.1, -0.05) is 0 Å². The molecule has 0 bridgehead atoms. The maximum atomic E-state index is 11.4. The fraction of sp³-hybridized carbons (Fsp3) is 0.682. The Balaban J connectivity index is 1.25. The van der Waals surface area contributed by atoms with Gasteiger partial charge in [0.05, 0.1) is 25.1 Å². The standard InChI is InChI=1S/C22H31N3O3S2/c1-16-12-22(21-19(5-9-28-22)11-20(29-21)18-3-4-18)6-7-24(16)14-17-13-23-25(15-17)8-10-30(2,26)27/h11,13,15-16,18H,3-10,12,14H2,1-2H3. The van der Waals surface area contributed by atoms with Crippen LogP contribution in [0.3, 0.4) is 0 Å². The monoisotopic (exact) mass is 449 g/mol. The summed E-state index contributed by atoms with van der Waals surface area (Å²) in [4.78, 5) is 5.60. The number of hydrogen-bond acceptors (Lipinski definition) is 6. The van der Waals surface area contributed by atoms with Crippen molar-refractivity contribution in [2.24, 2.45) is 0 Å². The van der Waals surface area contributed by atoms with E-state index < -0.39 is 9.84 Å². The first-order chi connectivity index (χ1) is 14.3. The highest BCUT2D eigenvalue weighted by atomic mass is 32.2. The first-order valence-corrected chi connectivity index (χ1v) is 13.9. The van der Waals surface area contributed by atoms with Crippen LogP contribution in [0.25, 0.3) is 0 Å². The number of hydrogen-bond donors (Lipinski definition) is 0. The van der Waals surface area contributed by atoms with Gasteiger partial charge in [-0.2, -0.15) is 5.10 Å². The Hall–Kier alpha value is -1.22. The van der Waals surface area contributed by atoms with E-state index in [1.807, 2.05) is 23.7 Å². The van der Waals surface area contributed by atoms with E-state index in [1.54, 1.807) is 15.1 Å². The molecular weight excluding hydrogens is 418 g/mol.